The number of pyridine rings is 1. The van der Waals surface area contributed by atoms with Crippen molar-refractivity contribution in [1.82, 2.24) is 25.4 Å². The molecule has 0 spiro atoms. The number of piperidine rings is 1. The van der Waals surface area contributed by atoms with E-state index in [1.54, 1.807) is 0 Å². The number of terminal acetylenes is 1. The lowest BCUT2D eigenvalue weighted by Crippen LogP contribution is -2.29. The van der Waals surface area contributed by atoms with Crippen LogP contribution in [0.1, 0.15) is 58.1 Å². The summed E-state index contributed by atoms with van der Waals surface area (Å²) in [6, 6.07) is 8.92. The summed E-state index contributed by atoms with van der Waals surface area (Å²) < 4.78 is 0. The number of hydrogen-bond donors (Lipinski definition) is 3. The van der Waals surface area contributed by atoms with Gasteiger partial charge in [0.15, 0.2) is 0 Å². The van der Waals surface area contributed by atoms with Crippen LogP contribution in [0.25, 0.3) is 16.7 Å². The number of benzene rings is 1. The minimum Gasteiger partial charge on any atom is -0.388 e. The maximum atomic E-state index is 4.59. The number of nitrogens with one attached hydrogen (secondary N) is 3. The zero-order valence-electron chi connectivity index (χ0n) is 27.3. The fraction of sp³-hybridized carbons (Fsp3) is 0.472. The molecule has 3 rings (SSSR count). The highest BCUT2D eigenvalue weighted by atomic mass is 15.1. The number of nitrogens with zero attached hydrogens (tertiary/aromatic N) is 3. The lowest BCUT2D eigenvalue weighted by molar-refractivity contribution is 0.220. The fourth-order valence-electron chi connectivity index (χ4n) is 4.79. The molecule has 42 heavy (non-hydrogen) atoms. The normalized spacial score (nSPS) is 14.4. The number of likely N-dealkylation sites (N-methyl/N-ethyl adjacent to an activating group) is 1. The van der Waals surface area contributed by atoms with Crippen LogP contribution >= 0.6 is 0 Å². The first-order valence-corrected chi connectivity index (χ1v) is 15.4. The predicted molar refractivity (Wildman–Crippen MR) is 186 cm³/mol. The second kappa shape index (κ2) is 21.4. The van der Waals surface area contributed by atoms with Gasteiger partial charge in [-0.2, -0.15) is 0 Å². The third-order valence-electron chi connectivity index (χ3n) is 7.13. The number of anilines is 1. The maximum absolute atomic E-state index is 4.59. The van der Waals surface area contributed by atoms with E-state index in [1.165, 1.54) is 37.9 Å². The Morgan fingerprint density at radius 3 is 2.45 bits per heavy atom. The average molecular weight is 573 g/mol. The van der Waals surface area contributed by atoms with Crippen molar-refractivity contribution in [2.45, 2.75) is 59.5 Å². The standard InChI is InChI=1S/C32H48N6.C2H6.C2H2/c1-7-30(12-11-15-34-16-19-37(5)6)36-26(3)25(2)31-21-28(13-14-32(31)33-4)29-20-27(22-35-23-29)24-38-17-9-8-10-18-38;2*1-2/h7,11-14,20-23,26,33-34,36H,2,8-10,15-19,24H2,1,3-6H3;1-2H3;1-2H/b12-11-,30-7+;;. The van der Waals surface area contributed by atoms with E-state index in [2.05, 4.69) is 121 Å². The van der Waals surface area contributed by atoms with Crippen molar-refractivity contribution < 1.29 is 0 Å². The Morgan fingerprint density at radius 2 is 1.81 bits per heavy atom. The summed E-state index contributed by atoms with van der Waals surface area (Å²) in [5.74, 6) is 0. The van der Waals surface area contributed by atoms with Crippen molar-refractivity contribution in [3.8, 4) is 24.0 Å². The van der Waals surface area contributed by atoms with E-state index in [1.807, 2.05) is 33.3 Å². The summed E-state index contributed by atoms with van der Waals surface area (Å²) in [5, 5.41) is 10.4. The van der Waals surface area contributed by atoms with E-state index in [0.717, 1.165) is 59.8 Å². The molecule has 230 valence electrons. The molecule has 1 aromatic heterocycles. The zero-order valence-corrected chi connectivity index (χ0v) is 27.3. The van der Waals surface area contributed by atoms with Crippen molar-refractivity contribution in [1.29, 1.82) is 0 Å². The third-order valence-corrected chi connectivity index (χ3v) is 7.13. The molecule has 1 saturated heterocycles. The van der Waals surface area contributed by atoms with E-state index in [4.69, 9.17) is 0 Å². The van der Waals surface area contributed by atoms with Crippen molar-refractivity contribution in [3.63, 3.8) is 0 Å². The van der Waals surface area contributed by atoms with Gasteiger partial charge in [-0.3, -0.25) is 9.88 Å². The molecule has 6 nitrogen and oxygen atoms in total. The molecular weight excluding hydrogens is 516 g/mol. The largest absolute Gasteiger partial charge is 0.388 e. The molecule has 3 N–H and O–H groups in total. The van der Waals surface area contributed by atoms with Crippen LogP contribution < -0.4 is 16.0 Å². The van der Waals surface area contributed by atoms with Crippen molar-refractivity contribution in [2.24, 2.45) is 0 Å². The Kier molecular flexibility index (Phi) is 18.6. The van der Waals surface area contributed by atoms with Crippen LogP contribution in [0.4, 0.5) is 5.69 Å². The molecule has 1 fully saturated rings. The van der Waals surface area contributed by atoms with Gasteiger partial charge in [0, 0.05) is 74.2 Å². The Labute approximate surface area is 257 Å². The van der Waals surface area contributed by atoms with Gasteiger partial charge in [0.1, 0.15) is 0 Å². The van der Waals surface area contributed by atoms with Crippen LogP contribution in [0.2, 0.25) is 0 Å². The molecule has 1 aromatic carbocycles. The summed E-state index contributed by atoms with van der Waals surface area (Å²) in [6.45, 7) is 18.9. The molecule has 0 radical (unpaired) electrons. The minimum atomic E-state index is 0.0680. The smallest absolute Gasteiger partial charge is 0.0486 e. The second-order valence-corrected chi connectivity index (χ2v) is 10.5. The van der Waals surface area contributed by atoms with Crippen LogP contribution in [0.5, 0.6) is 0 Å². The van der Waals surface area contributed by atoms with Crippen molar-refractivity contribution >= 4 is 11.3 Å². The molecule has 2 aromatic rings. The highest BCUT2D eigenvalue weighted by Gasteiger charge is 2.15. The third kappa shape index (κ3) is 12.7. The molecule has 1 aliphatic heterocycles. The van der Waals surface area contributed by atoms with Gasteiger partial charge in [0.05, 0.1) is 0 Å². The van der Waals surface area contributed by atoms with Gasteiger partial charge in [0.2, 0.25) is 0 Å². The molecule has 0 bridgehead atoms. The molecule has 6 heteroatoms. The summed E-state index contributed by atoms with van der Waals surface area (Å²) >= 11 is 0. The SMILES string of the molecule is C#C.C=C(c1cc(-c2cncc(CN3CCCCC3)c2)ccc1NC)C(C)NC(/C=C\CNCCN(C)C)=C/C.CC. The summed E-state index contributed by atoms with van der Waals surface area (Å²) in [6.07, 6.45) is 22.3. The molecule has 1 aliphatic rings. The molecule has 0 aliphatic carbocycles. The average Bonchev–Trinajstić information content (AvgIpc) is 3.03. The van der Waals surface area contributed by atoms with E-state index in [0.29, 0.717) is 0 Å². The van der Waals surface area contributed by atoms with E-state index in [9.17, 15) is 0 Å². The first-order valence-electron chi connectivity index (χ1n) is 15.4. The quantitative estimate of drug-likeness (QED) is 0.134. The Morgan fingerprint density at radius 1 is 1.10 bits per heavy atom. The Hall–Kier alpha value is -3.37. The number of likely N-dealkylation sites (tertiary alicyclic amines) is 1. The predicted octanol–water partition coefficient (Wildman–Crippen LogP) is 6.65. The molecule has 0 amide bonds. The van der Waals surface area contributed by atoms with Gasteiger partial charge in [-0.25, -0.2) is 0 Å². The number of rotatable bonds is 14. The Bertz CT molecular complexity index is 1120. The van der Waals surface area contributed by atoms with Crippen LogP contribution in [-0.2, 0) is 6.54 Å². The first-order chi connectivity index (χ1) is 20.4. The molecule has 1 unspecified atom stereocenters. The summed E-state index contributed by atoms with van der Waals surface area (Å²) in [7, 11) is 6.15. The highest BCUT2D eigenvalue weighted by Crippen LogP contribution is 2.31. The summed E-state index contributed by atoms with van der Waals surface area (Å²) in [4.78, 5) is 9.31. The lowest BCUT2D eigenvalue weighted by atomic mass is 9.94. The topological polar surface area (TPSA) is 55.5 Å². The number of allylic oxidation sites excluding steroid dienone is 2. The Balaban J connectivity index is 0.00000211. The van der Waals surface area contributed by atoms with Gasteiger partial charge in [-0.1, -0.05) is 45.1 Å². The van der Waals surface area contributed by atoms with Crippen molar-refractivity contribution in [3.05, 3.63) is 78.3 Å². The zero-order chi connectivity index (χ0) is 31.3. The second-order valence-electron chi connectivity index (χ2n) is 10.5. The van der Waals surface area contributed by atoms with Crippen LogP contribution in [-0.4, -0.2) is 74.7 Å². The molecular formula is C36H56N6. The number of hydrogen-bond acceptors (Lipinski definition) is 6. The highest BCUT2D eigenvalue weighted by molar-refractivity contribution is 5.82. The van der Waals surface area contributed by atoms with Crippen LogP contribution in [0.3, 0.4) is 0 Å². The number of aromatic nitrogens is 1. The lowest BCUT2D eigenvalue weighted by Gasteiger charge is -2.26. The van der Waals surface area contributed by atoms with Crippen LogP contribution in [0, 0.1) is 12.8 Å². The van der Waals surface area contributed by atoms with Crippen molar-refractivity contribution in [2.75, 3.05) is 59.2 Å². The maximum Gasteiger partial charge on any atom is 0.0486 e. The van der Waals surface area contributed by atoms with Crippen LogP contribution in [0.15, 0.2) is 67.2 Å². The monoisotopic (exact) mass is 572 g/mol. The van der Waals surface area contributed by atoms with Gasteiger partial charge in [0.25, 0.3) is 0 Å². The molecule has 1 atom stereocenters. The minimum absolute atomic E-state index is 0.0680. The van der Waals surface area contributed by atoms with Gasteiger partial charge in [-0.05, 0) is 94.8 Å². The molecule has 2 heterocycles. The van der Waals surface area contributed by atoms with E-state index >= 15 is 0 Å². The summed E-state index contributed by atoms with van der Waals surface area (Å²) in [5.41, 5.74) is 7.92. The first kappa shape index (κ1) is 36.7. The van der Waals surface area contributed by atoms with E-state index < -0.39 is 0 Å². The fourth-order valence-corrected chi connectivity index (χ4v) is 4.79. The van der Waals surface area contributed by atoms with Gasteiger partial charge >= 0.3 is 0 Å². The molecule has 0 saturated carbocycles. The van der Waals surface area contributed by atoms with E-state index in [-0.39, 0.29) is 6.04 Å². The van der Waals surface area contributed by atoms with Gasteiger partial charge < -0.3 is 20.9 Å². The van der Waals surface area contributed by atoms with Gasteiger partial charge in [-0.15, -0.1) is 12.8 Å².